The minimum atomic E-state index is -4.02. The van der Waals surface area contributed by atoms with Gasteiger partial charge in [0.05, 0.1) is 29.8 Å². The van der Waals surface area contributed by atoms with Gasteiger partial charge in [-0.25, -0.2) is 8.42 Å². The molecule has 0 aliphatic heterocycles. The van der Waals surface area contributed by atoms with Gasteiger partial charge in [-0.15, -0.1) is 0 Å². The molecule has 4 rings (SSSR count). The maximum absolute atomic E-state index is 13.9. The summed E-state index contributed by atoms with van der Waals surface area (Å²) >= 11 is 0. The molecule has 0 fully saturated rings. The quantitative estimate of drug-likeness (QED) is 0.349. The molecule has 0 aromatic heterocycles. The highest BCUT2D eigenvalue weighted by Crippen LogP contribution is 2.30. The molecule has 1 N–H and O–H groups in total. The van der Waals surface area contributed by atoms with Gasteiger partial charge in [-0.1, -0.05) is 54.6 Å². The lowest BCUT2D eigenvalue weighted by atomic mass is 10.1. The number of sulfonamides is 1. The first-order valence-electron chi connectivity index (χ1n) is 11.1. The second kappa shape index (κ2) is 10.4. The number of methoxy groups -OCH3 is 1. The Morgan fingerprint density at radius 3 is 2.23 bits per heavy atom. The maximum Gasteiger partial charge on any atom is 0.264 e. The third-order valence-corrected chi connectivity index (χ3v) is 7.28. The Bertz CT molecular complexity index is 1420. The summed E-state index contributed by atoms with van der Waals surface area (Å²) in [6.45, 7) is 2.00. The minimum Gasteiger partial charge on any atom is -0.497 e. The lowest BCUT2D eigenvalue weighted by molar-refractivity contribution is 0.102. The first-order valence-corrected chi connectivity index (χ1v) is 12.5. The zero-order valence-electron chi connectivity index (χ0n) is 19.5. The number of ether oxygens (including phenoxy) is 1. The molecule has 4 aromatic rings. The monoisotopic (exact) mass is 486 g/mol. The molecule has 0 radical (unpaired) electrons. The average Bonchev–Trinajstić information content (AvgIpc) is 2.88. The van der Waals surface area contributed by atoms with E-state index in [9.17, 15) is 13.2 Å². The van der Waals surface area contributed by atoms with E-state index in [-0.39, 0.29) is 22.7 Å². The smallest absolute Gasteiger partial charge is 0.264 e. The van der Waals surface area contributed by atoms with Crippen LogP contribution >= 0.6 is 0 Å². The zero-order valence-corrected chi connectivity index (χ0v) is 20.3. The van der Waals surface area contributed by atoms with Crippen molar-refractivity contribution in [2.75, 3.05) is 16.7 Å². The van der Waals surface area contributed by atoms with Crippen LogP contribution in [0.1, 0.15) is 21.5 Å². The van der Waals surface area contributed by atoms with Gasteiger partial charge in [0.2, 0.25) is 0 Å². The Labute approximate surface area is 205 Å². The van der Waals surface area contributed by atoms with Crippen LogP contribution in [-0.4, -0.2) is 21.4 Å². The van der Waals surface area contributed by atoms with Gasteiger partial charge in [-0.3, -0.25) is 9.10 Å². The molecule has 0 saturated heterocycles. The van der Waals surface area contributed by atoms with Gasteiger partial charge in [0, 0.05) is 5.69 Å². The van der Waals surface area contributed by atoms with Crippen LogP contribution in [0.5, 0.6) is 5.75 Å². The second-order valence-corrected chi connectivity index (χ2v) is 9.88. The van der Waals surface area contributed by atoms with Crippen molar-refractivity contribution in [1.82, 2.24) is 0 Å². The molecule has 0 heterocycles. The van der Waals surface area contributed by atoms with Crippen LogP contribution < -0.4 is 14.4 Å². The Morgan fingerprint density at radius 1 is 0.857 bits per heavy atom. The highest BCUT2D eigenvalue weighted by Gasteiger charge is 2.28. The number of amides is 1. The van der Waals surface area contributed by atoms with Gasteiger partial charge in [-0.2, -0.15) is 0 Å². The summed E-state index contributed by atoms with van der Waals surface area (Å²) in [6.07, 6.45) is 0. The average molecular weight is 487 g/mol. The van der Waals surface area contributed by atoms with E-state index in [1.54, 1.807) is 42.5 Å². The zero-order chi connectivity index (χ0) is 24.8. The molecule has 35 heavy (non-hydrogen) atoms. The SMILES string of the molecule is COc1ccc(S(=O)(=O)N(Cc2ccccc2)c2ccccc2C(=O)Nc2cccc(C)c2)cc1. The summed E-state index contributed by atoms with van der Waals surface area (Å²) in [5.74, 6) is 0.158. The predicted octanol–water partition coefficient (Wildman–Crippen LogP) is 5.65. The first kappa shape index (κ1) is 24.0. The number of nitrogens with one attached hydrogen (secondary N) is 1. The highest BCUT2D eigenvalue weighted by molar-refractivity contribution is 7.92. The van der Waals surface area contributed by atoms with E-state index in [4.69, 9.17) is 4.74 Å². The molecule has 0 spiro atoms. The third-order valence-electron chi connectivity index (χ3n) is 5.51. The highest BCUT2D eigenvalue weighted by atomic mass is 32.2. The number of hydrogen-bond acceptors (Lipinski definition) is 4. The number of aryl methyl sites for hydroxylation is 1. The number of benzene rings is 4. The molecule has 7 heteroatoms. The van der Waals surface area contributed by atoms with Crippen LogP contribution in [0.2, 0.25) is 0 Å². The fourth-order valence-corrected chi connectivity index (χ4v) is 5.20. The van der Waals surface area contributed by atoms with E-state index in [0.29, 0.717) is 11.4 Å². The molecule has 0 aliphatic carbocycles. The van der Waals surface area contributed by atoms with Crippen LogP contribution in [0.25, 0.3) is 0 Å². The minimum absolute atomic E-state index is 0.0595. The van der Waals surface area contributed by atoms with Crippen molar-refractivity contribution in [2.45, 2.75) is 18.4 Å². The molecule has 1 amide bonds. The van der Waals surface area contributed by atoms with Crippen molar-refractivity contribution in [3.8, 4) is 5.75 Å². The van der Waals surface area contributed by atoms with Crippen molar-refractivity contribution >= 4 is 27.3 Å². The number of para-hydroxylation sites is 1. The lowest BCUT2D eigenvalue weighted by Gasteiger charge is -2.26. The van der Waals surface area contributed by atoms with E-state index >= 15 is 0 Å². The third kappa shape index (κ3) is 5.53. The Morgan fingerprint density at radius 2 is 1.54 bits per heavy atom. The second-order valence-electron chi connectivity index (χ2n) is 8.01. The van der Waals surface area contributed by atoms with Crippen molar-refractivity contribution < 1.29 is 17.9 Å². The summed E-state index contributed by atoms with van der Waals surface area (Å²) in [6, 6.07) is 29.6. The topological polar surface area (TPSA) is 75.7 Å². The molecular formula is C28H26N2O4S. The standard InChI is InChI=1S/C28H26N2O4S/c1-21-9-8-12-23(19-21)29-28(31)26-13-6-7-14-27(26)30(20-22-10-4-3-5-11-22)35(32,33)25-17-15-24(34-2)16-18-25/h3-19H,20H2,1-2H3,(H,29,31). The van der Waals surface area contributed by atoms with Crippen molar-refractivity contribution in [2.24, 2.45) is 0 Å². The van der Waals surface area contributed by atoms with Gasteiger partial charge in [0.15, 0.2) is 0 Å². The summed E-state index contributed by atoms with van der Waals surface area (Å²) < 4.78 is 34.2. The Balaban J connectivity index is 1.78. The summed E-state index contributed by atoms with van der Waals surface area (Å²) in [5.41, 5.74) is 2.97. The van der Waals surface area contributed by atoms with Crippen LogP contribution in [0.3, 0.4) is 0 Å². The van der Waals surface area contributed by atoms with E-state index in [1.165, 1.54) is 23.5 Å². The Kier molecular flexibility index (Phi) is 7.17. The predicted molar refractivity (Wildman–Crippen MR) is 138 cm³/mol. The number of rotatable bonds is 8. The molecule has 0 saturated carbocycles. The van der Waals surface area contributed by atoms with Crippen LogP contribution in [0, 0.1) is 6.92 Å². The Hall–Kier alpha value is -4.10. The molecule has 178 valence electrons. The number of carbonyl (C=O) groups is 1. The van der Waals surface area contributed by atoms with Crippen molar-refractivity contribution in [3.05, 3.63) is 120 Å². The maximum atomic E-state index is 13.9. The fourth-order valence-electron chi connectivity index (χ4n) is 3.73. The van der Waals surface area contributed by atoms with E-state index < -0.39 is 15.9 Å². The summed E-state index contributed by atoms with van der Waals surface area (Å²) in [7, 11) is -2.49. The van der Waals surface area contributed by atoms with Crippen molar-refractivity contribution in [3.63, 3.8) is 0 Å². The molecule has 0 unspecified atom stereocenters. The number of nitrogens with zero attached hydrogens (tertiary/aromatic N) is 1. The van der Waals surface area contributed by atoms with Crippen LogP contribution in [-0.2, 0) is 16.6 Å². The summed E-state index contributed by atoms with van der Waals surface area (Å²) in [4.78, 5) is 13.4. The van der Waals surface area contributed by atoms with Gasteiger partial charge >= 0.3 is 0 Å². The molecule has 4 aromatic carbocycles. The van der Waals surface area contributed by atoms with Crippen LogP contribution in [0.4, 0.5) is 11.4 Å². The number of hydrogen-bond donors (Lipinski definition) is 1. The van der Waals surface area contributed by atoms with Gasteiger partial charge in [0.25, 0.3) is 15.9 Å². The van der Waals surface area contributed by atoms with Crippen LogP contribution in [0.15, 0.2) is 108 Å². The molecule has 0 atom stereocenters. The largest absolute Gasteiger partial charge is 0.497 e. The van der Waals surface area contributed by atoms with E-state index in [2.05, 4.69) is 5.32 Å². The first-order chi connectivity index (χ1) is 16.9. The normalized spacial score (nSPS) is 11.0. The number of carbonyl (C=O) groups excluding carboxylic acids is 1. The van der Waals surface area contributed by atoms with Gasteiger partial charge in [0.1, 0.15) is 5.75 Å². The molecule has 6 nitrogen and oxygen atoms in total. The van der Waals surface area contributed by atoms with E-state index in [0.717, 1.165) is 11.1 Å². The van der Waals surface area contributed by atoms with Gasteiger partial charge < -0.3 is 10.1 Å². The molecule has 0 aliphatic rings. The molecular weight excluding hydrogens is 460 g/mol. The fraction of sp³-hybridized carbons (Fsp3) is 0.107. The summed E-state index contributed by atoms with van der Waals surface area (Å²) in [5, 5.41) is 2.89. The number of anilines is 2. The lowest BCUT2D eigenvalue weighted by Crippen LogP contribution is -2.32. The van der Waals surface area contributed by atoms with Crippen molar-refractivity contribution in [1.29, 1.82) is 0 Å². The molecule has 0 bridgehead atoms. The van der Waals surface area contributed by atoms with E-state index in [1.807, 2.05) is 55.5 Å². The van der Waals surface area contributed by atoms with Gasteiger partial charge in [-0.05, 0) is 66.6 Å².